The van der Waals surface area contributed by atoms with Crippen LogP contribution in [0.3, 0.4) is 0 Å². The average Bonchev–Trinajstić information content (AvgIpc) is 3.31. The fraction of sp³-hybridized carbons (Fsp3) is 0.148. The van der Waals surface area contributed by atoms with Crippen LogP contribution in [0, 0.1) is 11.2 Å². The highest BCUT2D eigenvalue weighted by atomic mass is 19.1. The van der Waals surface area contributed by atoms with Crippen LogP contribution in [0.2, 0.25) is 0 Å². The van der Waals surface area contributed by atoms with Crippen molar-refractivity contribution in [3.8, 4) is 17.2 Å². The van der Waals surface area contributed by atoms with Gasteiger partial charge in [-0.05, 0) is 48.0 Å². The van der Waals surface area contributed by atoms with E-state index in [1.807, 2.05) is 0 Å². The summed E-state index contributed by atoms with van der Waals surface area (Å²) < 4.78 is 26.2. The number of amidine groups is 1. The van der Waals surface area contributed by atoms with Gasteiger partial charge < -0.3 is 30.7 Å². The number of hydrogen-bond donors (Lipinski definition) is 6. The molecule has 0 bridgehead atoms. The summed E-state index contributed by atoms with van der Waals surface area (Å²) in [4.78, 5) is 36.2. The van der Waals surface area contributed by atoms with Gasteiger partial charge in [-0.3, -0.25) is 15.2 Å². The van der Waals surface area contributed by atoms with Crippen LogP contribution in [0.1, 0.15) is 40.3 Å². The summed E-state index contributed by atoms with van der Waals surface area (Å²) in [6.45, 7) is 1.08. The van der Waals surface area contributed by atoms with E-state index in [-0.39, 0.29) is 22.6 Å². The van der Waals surface area contributed by atoms with Crippen LogP contribution >= 0.6 is 0 Å². The zero-order valence-electron chi connectivity index (χ0n) is 22.1. The number of carboxylic acid groups (broad SMARTS) is 2. The molecule has 0 saturated carbocycles. The molecule has 1 unspecified atom stereocenters. The molecule has 1 atom stereocenters. The Bertz CT molecular complexity index is 1650. The molecule has 4 rings (SSSR count). The number of nitrogens with one attached hydrogen (secondary N) is 3. The molecular weight excluding hydrogens is 539 g/mol. The molecule has 0 aliphatic rings. The predicted octanol–water partition coefficient (Wildman–Crippen LogP) is 2.99. The van der Waals surface area contributed by atoms with Gasteiger partial charge in [-0.2, -0.15) is 4.68 Å². The van der Waals surface area contributed by atoms with E-state index in [1.165, 1.54) is 44.6 Å². The van der Waals surface area contributed by atoms with E-state index in [1.54, 1.807) is 30.3 Å². The number of benzene rings is 3. The van der Waals surface area contributed by atoms with E-state index >= 15 is 0 Å². The fourth-order valence-electron chi connectivity index (χ4n) is 3.80. The normalized spacial score (nSPS) is 11.0. The Balaban J connectivity index is 0.00000108. The van der Waals surface area contributed by atoms with E-state index in [0.717, 1.165) is 11.6 Å². The summed E-state index contributed by atoms with van der Waals surface area (Å²) in [5.74, 6) is -2.19. The van der Waals surface area contributed by atoms with E-state index < -0.39 is 35.3 Å². The average molecular weight is 567 g/mol. The van der Waals surface area contributed by atoms with Gasteiger partial charge in [0.05, 0.1) is 31.0 Å². The molecule has 0 amide bonds. The highest BCUT2D eigenvalue weighted by molar-refractivity contribution is 5.95. The molecule has 0 spiro atoms. The number of aromatic nitrogens is 3. The Labute approximate surface area is 232 Å². The Morgan fingerprint density at radius 3 is 2.29 bits per heavy atom. The number of methoxy groups -OCH3 is 2. The third kappa shape index (κ3) is 7.06. The minimum Gasteiger partial charge on any atom is -0.493 e. The molecule has 1 heterocycles. The number of nitrogens with zero attached hydrogens (tertiary/aromatic N) is 2. The van der Waals surface area contributed by atoms with Crippen molar-refractivity contribution < 1.29 is 33.7 Å². The number of aliphatic carboxylic acids is 1. The number of rotatable bonds is 9. The standard InChI is InChI=1S/C25H23FN6O5.C2H4O2/c1-36-19-10-7-13(11-20(19)37-2)21(29-14-8-9-15(22(27)28)17(26)12-14)23-30-25(35)32(31-23)18-6-4-3-5-16(18)24(33)34;1-2(3)4/h3-12,21,29H,1-2H3,(H3,27,28)(H,33,34)(H,30,31,35);1H3,(H,3,4). The number of ether oxygens (including phenoxy) is 2. The number of carbonyl (C=O) groups is 2. The Morgan fingerprint density at radius 2 is 1.71 bits per heavy atom. The quantitative estimate of drug-likeness (QED) is 0.129. The number of halogens is 1. The Hall–Kier alpha value is -5.66. The van der Waals surface area contributed by atoms with Crippen molar-refractivity contribution in [1.82, 2.24) is 14.8 Å². The number of hydrogen-bond acceptors (Lipinski definition) is 8. The first-order valence-corrected chi connectivity index (χ1v) is 11.8. The summed E-state index contributed by atoms with van der Waals surface area (Å²) >= 11 is 0. The van der Waals surface area contributed by atoms with Gasteiger partial charge >= 0.3 is 11.7 Å². The molecular formula is C27H27FN6O7. The zero-order chi connectivity index (χ0) is 30.3. The van der Waals surface area contributed by atoms with Crippen LogP contribution in [0.15, 0.2) is 65.5 Å². The second-order valence-corrected chi connectivity index (χ2v) is 8.37. The van der Waals surface area contributed by atoms with Gasteiger partial charge in [0.2, 0.25) is 0 Å². The summed E-state index contributed by atoms with van der Waals surface area (Å²) in [6.07, 6.45) is 0. The molecule has 4 aromatic rings. The SMILES string of the molecule is CC(=O)O.COc1ccc(C(Nc2ccc(C(=N)N)c(F)c2)c2nn(-c3ccccc3C(=O)O)c(=O)[nH]2)cc1OC. The van der Waals surface area contributed by atoms with Crippen LogP contribution in [0.4, 0.5) is 10.1 Å². The molecule has 3 aromatic carbocycles. The summed E-state index contributed by atoms with van der Waals surface area (Å²) in [5, 5.41) is 32.0. The molecule has 0 aliphatic carbocycles. The van der Waals surface area contributed by atoms with Crippen LogP contribution < -0.4 is 26.2 Å². The van der Waals surface area contributed by atoms with E-state index in [9.17, 15) is 19.1 Å². The van der Waals surface area contributed by atoms with E-state index in [0.29, 0.717) is 22.7 Å². The number of anilines is 1. The van der Waals surface area contributed by atoms with Crippen molar-refractivity contribution in [1.29, 1.82) is 5.41 Å². The summed E-state index contributed by atoms with van der Waals surface area (Å²) in [5.41, 5.74) is 5.53. The zero-order valence-corrected chi connectivity index (χ0v) is 22.1. The van der Waals surface area contributed by atoms with Gasteiger partial charge in [0.1, 0.15) is 17.7 Å². The first-order chi connectivity index (χ1) is 19.5. The van der Waals surface area contributed by atoms with E-state index in [2.05, 4.69) is 15.4 Å². The minimum absolute atomic E-state index is 0.0591. The van der Waals surface area contributed by atoms with Crippen molar-refractivity contribution in [2.24, 2.45) is 5.73 Å². The van der Waals surface area contributed by atoms with Crippen molar-refractivity contribution in [2.45, 2.75) is 13.0 Å². The molecule has 0 aliphatic heterocycles. The number of carboxylic acids is 2. The predicted molar refractivity (Wildman–Crippen MR) is 147 cm³/mol. The van der Waals surface area contributed by atoms with Crippen LogP contribution in [-0.4, -0.2) is 57.0 Å². The molecule has 0 radical (unpaired) electrons. The van der Waals surface area contributed by atoms with Gasteiger partial charge in [0.15, 0.2) is 17.3 Å². The maximum atomic E-state index is 14.6. The van der Waals surface area contributed by atoms with Gasteiger partial charge in [0.25, 0.3) is 5.97 Å². The molecule has 41 heavy (non-hydrogen) atoms. The third-order valence-electron chi connectivity index (χ3n) is 5.58. The lowest BCUT2D eigenvalue weighted by atomic mass is 10.0. The van der Waals surface area contributed by atoms with Gasteiger partial charge in [-0.1, -0.05) is 18.2 Å². The fourth-order valence-corrected chi connectivity index (χ4v) is 3.80. The lowest BCUT2D eigenvalue weighted by Gasteiger charge is -2.20. The number of H-pyrrole nitrogens is 1. The lowest BCUT2D eigenvalue weighted by molar-refractivity contribution is -0.134. The van der Waals surface area contributed by atoms with E-state index in [4.69, 9.17) is 30.5 Å². The minimum atomic E-state index is -1.22. The largest absolute Gasteiger partial charge is 0.493 e. The highest BCUT2D eigenvalue weighted by Gasteiger charge is 2.24. The maximum Gasteiger partial charge on any atom is 0.348 e. The summed E-state index contributed by atoms with van der Waals surface area (Å²) in [6, 6.07) is 14.2. The smallest absolute Gasteiger partial charge is 0.348 e. The third-order valence-corrected chi connectivity index (χ3v) is 5.58. The van der Waals surface area contributed by atoms with Crippen molar-refractivity contribution in [3.63, 3.8) is 0 Å². The van der Waals surface area contributed by atoms with Crippen molar-refractivity contribution in [3.05, 3.63) is 99.5 Å². The van der Waals surface area contributed by atoms with Gasteiger partial charge in [-0.15, -0.1) is 5.10 Å². The number of nitrogen functional groups attached to an aromatic ring is 1. The van der Waals surface area contributed by atoms with Crippen molar-refractivity contribution in [2.75, 3.05) is 19.5 Å². The number of aromatic amines is 1. The molecule has 14 heteroatoms. The van der Waals surface area contributed by atoms with Gasteiger partial charge in [-0.25, -0.2) is 14.0 Å². The topological polar surface area (TPSA) is 206 Å². The van der Waals surface area contributed by atoms with Crippen LogP contribution in [0.25, 0.3) is 5.69 Å². The lowest BCUT2D eigenvalue weighted by Crippen LogP contribution is -2.18. The van der Waals surface area contributed by atoms with Crippen LogP contribution in [-0.2, 0) is 4.79 Å². The second kappa shape index (κ2) is 12.9. The van der Waals surface area contributed by atoms with Crippen molar-refractivity contribution >= 4 is 23.5 Å². The summed E-state index contributed by atoms with van der Waals surface area (Å²) in [7, 11) is 2.96. The Kier molecular flexibility index (Phi) is 9.42. The first-order valence-electron chi connectivity index (χ1n) is 11.8. The van der Waals surface area contributed by atoms with Gasteiger partial charge in [0, 0.05) is 12.6 Å². The molecule has 0 fully saturated rings. The molecule has 13 nitrogen and oxygen atoms in total. The molecule has 7 N–H and O–H groups in total. The maximum absolute atomic E-state index is 14.6. The highest BCUT2D eigenvalue weighted by Crippen LogP contribution is 2.33. The van der Waals surface area contributed by atoms with Crippen LogP contribution in [0.5, 0.6) is 11.5 Å². The molecule has 0 saturated heterocycles. The Morgan fingerprint density at radius 1 is 1.05 bits per heavy atom. The second-order valence-electron chi connectivity index (χ2n) is 8.37. The number of nitrogens with two attached hydrogens (primary N) is 1. The number of para-hydroxylation sites is 1. The number of aromatic carboxylic acids is 1. The molecule has 1 aromatic heterocycles. The first kappa shape index (κ1) is 29.9. The molecule has 214 valence electrons. The monoisotopic (exact) mass is 566 g/mol.